The Hall–Kier alpha value is -1.22. The van der Waals surface area contributed by atoms with Gasteiger partial charge in [-0.05, 0) is 51.3 Å². The number of nitrogens with zero attached hydrogens (tertiary/aromatic N) is 1. The standard InChI is InChI=1S/C16H26N2O/c1-11-6-7-14(10-16(11)18(4)5)17-15-8-12(2)19-13(3)9-15/h6-7,10,12-13,15,17H,8-9H2,1-5H3. The van der Waals surface area contributed by atoms with Crippen LogP contribution in [0.2, 0.25) is 0 Å². The third kappa shape index (κ3) is 3.63. The van der Waals surface area contributed by atoms with Crippen LogP contribution in [0.3, 0.4) is 0 Å². The van der Waals surface area contributed by atoms with Gasteiger partial charge in [0.25, 0.3) is 0 Å². The average Bonchev–Trinajstić information content (AvgIpc) is 2.30. The second kappa shape index (κ2) is 5.83. The first-order chi connectivity index (χ1) is 8.95. The van der Waals surface area contributed by atoms with Crippen molar-refractivity contribution in [1.82, 2.24) is 0 Å². The van der Waals surface area contributed by atoms with Crippen LogP contribution >= 0.6 is 0 Å². The molecule has 1 N–H and O–H groups in total. The number of ether oxygens (including phenoxy) is 1. The number of nitrogens with one attached hydrogen (secondary N) is 1. The van der Waals surface area contributed by atoms with Crippen LogP contribution in [0, 0.1) is 6.92 Å². The predicted molar refractivity (Wildman–Crippen MR) is 82.2 cm³/mol. The zero-order chi connectivity index (χ0) is 14.0. The minimum Gasteiger partial charge on any atom is -0.382 e. The molecule has 0 aromatic heterocycles. The molecular formula is C16H26N2O. The van der Waals surface area contributed by atoms with E-state index in [1.807, 2.05) is 0 Å². The highest BCUT2D eigenvalue weighted by molar-refractivity contribution is 5.62. The Morgan fingerprint density at radius 3 is 2.37 bits per heavy atom. The number of benzene rings is 1. The summed E-state index contributed by atoms with van der Waals surface area (Å²) in [4.78, 5) is 2.16. The topological polar surface area (TPSA) is 24.5 Å². The van der Waals surface area contributed by atoms with Crippen molar-refractivity contribution in [2.45, 2.75) is 51.9 Å². The molecule has 3 heteroatoms. The van der Waals surface area contributed by atoms with Gasteiger partial charge in [0.1, 0.15) is 0 Å². The molecule has 0 radical (unpaired) electrons. The maximum atomic E-state index is 5.79. The fourth-order valence-corrected chi connectivity index (χ4v) is 2.94. The molecule has 1 aliphatic rings. The lowest BCUT2D eigenvalue weighted by Gasteiger charge is -2.33. The third-order valence-electron chi connectivity index (χ3n) is 3.76. The second-order valence-corrected chi connectivity index (χ2v) is 5.97. The highest BCUT2D eigenvalue weighted by Crippen LogP contribution is 2.26. The van der Waals surface area contributed by atoms with E-state index < -0.39 is 0 Å². The Labute approximate surface area is 116 Å². The summed E-state index contributed by atoms with van der Waals surface area (Å²) in [6.07, 6.45) is 2.85. The molecule has 106 valence electrons. The molecule has 2 rings (SSSR count). The van der Waals surface area contributed by atoms with E-state index in [9.17, 15) is 0 Å². The lowest BCUT2D eigenvalue weighted by Crippen LogP contribution is -2.36. The van der Waals surface area contributed by atoms with Crippen LogP contribution in [-0.4, -0.2) is 32.3 Å². The molecule has 1 fully saturated rings. The number of hydrogen-bond acceptors (Lipinski definition) is 3. The minimum absolute atomic E-state index is 0.347. The van der Waals surface area contributed by atoms with Crippen molar-refractivity contribution in [3.8, 4) is 0 Å². The Morgan fingerprint density at radius 2 is 1.79 bits per heavy atom. The zero-order valence-electron chi connectivity index (χ0n) is 12.7. The molecule has 1 aliphatic heterocycles. The fourth-order valence-electron chi connectivity index (χ4n) is 2.94. The van der Waals surface area contributed by atoms with Gasteiger partial charge in [-0.25, -0.2) is 0 Å². The first kappa shape index (κ1) is 14.2. The summed E-state index contributed by atoms with van der Waals surface area (Å²) in [7, 11) is 4.18. The smallest absolute Gasteiger partial charge is 0.0570 e. The van der Waals surface area contributed by atoms with Crippen molar-refractivity contribution in [2.24, 2.45) is 0 Å². The number of hydrogen-bond donors (Lipinski definition) is 1. The van der Waals surface area contributed by atoms with Crippen LogP contribution in [0.4, 0.5) is 11.4 Å². The number of aryl methyl sites for hydroxylation is 1. The summed E-state index contributed by atoms with van der Waals surface area (Å²) in [6.45, 7) is 6.47. The Bertz CT molecular complexity index is 421. The third-order valence-corrected chi connectivity index (χ3v) is 3.76. The van der Waals surface area contributed by atoms with E-state index in [-0.39, 0.29) is 0 Å². The minimum atomic E-state index is 0.347. The van der Waals surface area contributed by atoms with Crippen LogP contribution in [0.15, 0.2) is 18.2 Å². The summed E-state index contributed by atoms with van der Waals surface area (Å²) < 4.78 is 5.79. The van der Waals surface area contributed by atoms with Crippen molar-refractivity contribution < 1.29 is 4.74 Å². The van der Waals surface area contributed by atoms with Gasteiger partial charge < -0.3 is 15.0 Å². The summed E-state index contributed by atoms with van der Waals surface area (Å²) in [5.74, 6) is 0. The van der Waals surface area contributed by atoms with Crippen molar-refractivity contribution in [1.29, 1.82) is 0 Å². The summed E-state index contributed by atoms with van der Waals surface area (Å²) in [5, 5.41) is 3.66. The Balaban J connectivity index is 2.08. The van der Waals surface area contributed by atoms with E-state index in [1.165, 1.54) is 16.9 Å². The molecule has 1 aromatic carbocycles. The quantitative estimate of drug-likeness (QED) is 0.903. The Morgan fingerprint density at radius 1 is 1.16 bits per heavy atom. The van der Waals surface area contributed by atoms with Crippen LogP contribution in [-0.2, 0) is 4.74 Å². The maximum absolute atomic E-state index is 5.79. The van der Waals surface area contributed by atoms with E-state index in [4.69, 9.17) is 4.74 Å². The lowest BCUT2D eigenvalue weighted by molar-refractivity contribution is -0.0337. The van der Waals surface area contributed by atoms with E-state index in [0.717, 1.165) is 12.8 Å². The molecule has 1 aromatic rings. The van der Waals surface area contributed by atoms with Crippen molar-refractivity contribution in [3.05, 3.63) is 23.8 Å². The molecule has 2 unspecified atom stereocenters. The number of anilines is 2. The summed E-state index contributed by atoms with van der Waals surface area (Å²) in [5.41, 5.74) is 3.79. The van der Waals surface area contributed by atoms with Gasteiger partial charge in [0, 0.05) is 31.5 Å². The molecule has 0 aliphatic carbocycles. The van der Waals surface area contributed by atoms with Crippen molar-refractivity contribution in [3.63, 3.8) is 0 Å². The molecule has 1 saturated heterocycles. The van der Waals surface area contributed by atoms with Crippen LogP contribution in [0.5, 0.6) is 0 Å². The first-order valence-corrected chi connectivity index (χ1v) is 7.15. The largest absolute Gasteiger partial charge is 0.382 e. The monoisotopic (exact) mass is 262 g/mol. The molecule has 2 atom stereocenters. The lowest BCUT2D eigenvalue weighted by atomic mass is 9.99. The van der Waals surface area contributed by atoms with Crippen LogP contribution in [0.1, 0.15) is 32.3 Å². The van der Waals surface area contributed by atoms with Gasteiger partial charge in [0.05, 0.1) is 12.2 Å². The van der Waals surface area contributed by atoms with Crippen LogP contribution < -0.4 is 10.2 Å². The van der Waals surface area contributed by atoms with E-state index in [1.54, 1.807) is 0 Å². The normalized spacial score (nSPS) is 27.1. The molecule has 0 bridgehead atoms. The van der Waals surface area contributed by atoms with Gasteiger partial charge in [-0.15, -0.1) is 0 Å². The molecule has 1 heterocycles. The SMILES string of the molecule is Cc1ccc(NC2CC(C)OC(C)C2)cc1N(C)C. The van der Waals surface area contributed by atoms with Crippen LogP contribution in [0.25, 0.3) is 0 Å². The van der Waals surface area contributed by atoms with Gasteiger partial charge in [-0.3, -0.25) is 0 Å². The van der Waals surface area contributed by atoms with Gasteiger partial charge in [0.2, 0.25) is 0 Å². The zero-order valence-corrected chi connectivity index (χ0v) is 12.7. The maximum Gasteiger partial charge on any atom is 0.0570 e. The van der Waals surface area contributed by atoms with Gasteiger partial charge in [0.15, 0.2) is 0 Å². The Kier molecular flexibility index (Phi) is 4.35. The predicted octanol–water partition coefficient (Wildman–Crippen LogP) is 3.43. The molecule has 0 amide bonds. The molecule has 3 nitrogen and oxygen atoms in total. The summed E-state index contributed by atoms with van der Waals surface area (Å²) in [6, 6.07) is 7.10. The average molecular weight is 262 g/mol. The van der Waals surface area contributed by atoms with Gasteiger partial charge in [-0.2, -0.15) is 0 Å². The first-order valence-electron chi connectivity index (χ1n) is 7.15. The fraction of sp³-hybridized carbons (Fsp3) is 0.625. The second-order valence-electron chi connectivity index (χ2n) is 5.97. The van der Waals surface area contributed by atoms with E-state index >= 15 is 0 Å². The highest BCUT2D eigenvalue weighted by Gasteiger charge is 2.24. The van der Waals surface area contributed by atoms with Gasteiger partial charge in [-0.1, -0.05) is 6.07 Å². The molecular weight excluding hydrogens is 236 g/mol. The van der Waals surface area contributed by atoms with Gasteiger partial charge >= 0.3 is 0 Å². The number of rotatable bonds is 3. The summed E-state index contributed by atoms with van der Waals surface area (Å²) >= 11 is 0. The van der Waals surface area contributed by atoms with Crippen molar-refractivity contribution >= 4 is 11.4 Å². The molecule has 19 heavy (non-hydrogen) atoms. The van der Waals surface area contributed by atoms with E-state index in [2.05, 4.69) is 63.3 Å². The molecule has 0 spiro atoms. The van der Waals surface area contributed by atoms with Crippen molar-refractivity contribution in [2.75, 3.05) is 24.3 Å². The van der Waals surface area contributed by atoms with E-state index in [0.29, 0.717) is 18.2 Å². The highest BCUT2D eigenvalue weighted by atomic mass is 16.5. The molecule has 0 saturated carbocycles.